The van der Waals surface area contributed by atoms with Gasteiger partial charge in [0.15, 0.2) is 0 Å². The van der Waals surface area contributed by atoms with Crippen LogP contribution in [0.2, 0.25) is 10.0 Å². The van der Waals surface area contributed by atoms with E-state index < -0.39 is 10.0 Å². The van der Waals surface area contributed by atoms with Crippen molar-refractivity contribution < 1.29 is 8.42 Å². The van der Waals surface area contributed by atoms with Crippen LogP contribution in [0.1, 0.15) is 31.7 Å². The monoisotopic (exact) mass is 350 g/mol. The topological polar surface area (TPSA) is 63.4 Å². The Bertz CT molecular complexity index is 620. The number of halogens is 2. The Kier molecular flexibility index (Phi) is 5.54. The highest BCUT2D eigenvalue weighted by Crippen LogP contribution is 2.31. The first kappa shape index (κ1) is 17.0. The average Bonchev–Trinajstić information content (AvgIpc) is 2.63. The van der Waals surface area contributed by atoms with Gasteiger partial charge in [-0.2, -0.15) is 4.31 Å². The predicted molar refractivity (Wildman–Crippen MR) is 86.1 cm³/mol. The van der Waals surface area contributed by atoms with Crippen LogP contribution < -0.4 is 5.73 Å². The van der Waals surface area contributed by atoms with Gasteiger partial charge in [-0.1, -0.05) is 30.1 Å². The van der Waals surface area contributed by atoms with Crippen molar-refractivity contribution in [2.45, 2.75) is 37.6 Å². The Balaban J connectivity index is 2.39. The molecule has 4 nitrogen and oxygen atoms in total. The summed E-state index contributed by atoms with van der Waals surface area (Å²) >= 11 is 12.1. The highest BCUT2D eigenvalue weighted by molar-refractivity contribution is 7.89. The van der Waals surface area contributed by atoms with Crippen molar-refractivity contribution in [1.82, 2.24) is 4.31 Å². The van der Waals surface area contributed by atoms with Crippen molar-refractivity contribution in [2.24, 2.45) is 11.7 Å². The van der Waals surface area contributed by atoms with Crippen molar-refractivity contribution in [2.75, 3.05) is 13.1 Å². The van der Waals surface area contributed by atoms with Crippen LogP contribution in [0, 0.1) is 5.92 Å². The van der Waals surface area contributed by atoms with Crippen LogP contribution in [-0.2, 0) is 16.6 Å². The average molecular weight is 351 g/mol. The first-order chi connectivity index (χ1) is 9.86. The van der Waals surface area contributed by atoms with Gasteiger partial charge in [0.2, 0.25) is 10.0 Å². The van der Waals surface area contributed by atoms with Gasteiger partial charge < -0.3 is 5.73 Å². The molecule has 1 saturated heterocycles. The molecule has 0 radical (unpaired) electrons. The molecule has 1 aromatic rings. The molecule has 0 saturated carbocycles. The van der Waals surface area contributed by atoms with Crippen LogP contribution in [-0.4, -0.2) is 25.8 Å². The Morgan fingerprint density at radius 3 is 2.62 bits per heavy atom. The molecule has 7 heteroatoms. The minimum atomic E-state index is -3.60. The van der Waals surface area contributed by atoms with Crippen molar-refractivity contribution in [3.8, 4) is 0 Å². The molecule has 1 fully saturated rings. The SMILES string of the molecule is CC1CCCN(S(=O)(=O)c2cc(CN)c(Cl)cc2Cl)CC1. The van der Waals surface area contributed by atoms with Crippen LogP contribution in [0.25, 0.3) is 0 Å². The van der Waals surface area contributed by atoms with Gasteiger partial charge in [-0.3, -0.25) is 0 Å². The first-order valence-corrected chi connectivity index (χ1v) is 9.24. The van der Waals surface area contributed by atoms with E-state index in [0.717, 1.165) is 19.3 Å². The van der Waals surface area contributed by atoms with E-state index in [9.17, 15) is 8.42 Å². The molecule has 1 aliphatic heterocycles. The Labute approximate surface area is 136 Å². The summed E-state index contributed by atoms with van der Waals surface area (Å²) in [5.74, 6) is 0.547. The van der Waals surface area contributed by atoms with Crippen molar-refractivity contribution in [3.63, 3.8) is 0 Å². The fraction of sp³-hybridized carbons (Fsp3) is 0.571. The number of benzene rings is 1. The summed E-state index contributed by atoms with van der Waals surface area (Å²) in [5, 5.41) is 0.542. The normalized spacial score (nSPS) is 21.2. The van der Waals surface area contributed by atoms with E-state index in [1.165, 1.54) is 16.4 Å². The molecule has 1 heterocycles. The molecule has 1 unspecified atom stereocenters. The summed E-state index contributed by atoms with van der Waals surface area (Å²) in [6.07, 6.45) is 2.79. The zero-order valence-corrected chi connectivity index (χ0v) is 14.3. The van der Waals surface area contributed by atoms with Crippen LogP contribution >= 0.6 is 23.2 Å². The molecule has 118 valence electrons. The number of rotatable bonds is 3. The molecule has 1 aliphatic rings. The molecule has 0 spiro atoms. The lowest BCUT2D eigenvalue weighted by Gasteiger charge is -2.21. The van der Waals surface area contributed by atoms with Crippen LogP contribution in [0.5, 0.6) is 0 Å². The van der Waals surface area contributed by atoms with Crippen molar-refractivity contribution >= 4 is 33.2 Å². The van der Waals surface area contributed by atoms with Gasteiger partial charge in [-0.05, 0) is 42.9 Å². The lowest BCUT2D eigenvalue weighted by atomic mass is 10.0. The Morgan fingerprint density at radius 1 is 1.24 bits per heavy atom. The largest absolute Gasteiger partial charge is 0.326 e. The predicted octanol–water partition coefficient (Wildman–Crippen LogP) is 3.26. The van der Waals surface area contributed by atoms with Gasteiger partial charge in [-0.25, -0.2) is 8.42 Å². The standard InChI is InChI=1S/C14H20Cl2N2O2S/c1-10-3-2-5-18(6-4-10)21(19,20)14-7-11(9-17)12(15)8-13(14)16/h7-8,10H,2-6,9,17H2,1H3. The molecule has 0 aliphatic carbocycles. The van der Waals surface area contributed by atoms with Gasteiger partial charge in [0.05, 0.1) is 5.02 Å². The van der Waals surface area contributed by atoms with Crippen molar-refractivity contribution in [3.05, 3.63) is 27.7 Å². The molecule has 0 aromatic heterocycles. The summed E-state index contributed by atoms with van der Waals surface area (Å²) in [4.78, 5) is 0.101. The van der Waals surface area contributed by atoms with Gasteiger partial charge in [0.25, 0.3) is 0 Å². The summed E-state index contributed by atoms with van der Waals surface area (Å²) in [5.41, 5.74) is 6.18. The second kappa shape index (κ2) is 6.84. The molecule has 2 N–H and O–H groups in total. The highest BCUT2D eigenvalue weighted by atomic mass is 35.5. The van der Waals surface area contributed by atoms with E-state index >= 15 is 0 Å². The van der Waals surface area contributed by atoms with E-state index in [2.05, 4.69) is 6.92 Å². The van der Waals surface area contributed by atoms with Crippen LogP contribution in [0.3, 0.4) is 0 Å². The Hall–Kier alpha value is -0.330. The molecule has 2 rings (SSSR count). The van der Waals surface area contributed by atoms with Crippen LogP contribution in [0.4, 0.5) is 0 Å². The third-order valence-corrected chi connectivity index (χ3v) is 6.63. The molecule has 21 heavy (non-hydrogen) atoms. The van der Waals surface area contributed by atoms with E-state index in [-0.39, 0.29) is 16.5 Å². The smallest absolute Gasteiger partial charge is 0.244 e. The van der Waals surface area contributed by atoms with E-state index in [1.54, 1.807) is 0 Å². The number of nitrogens with two attached hydrogens (primary N) is 1. The number of sulfonamides is 1. The van der Waals surface area contributed by atoms with Crippen LogP contribution in [0.15, 0.2) is 17.0 Å². The zero-order chi connectivity index (χ0) is 15.6. The number of hydrogen-bond donors (Lipinski definition) is 1. The maximum absolute atomic E-state index is 12.8. The van der Waals surface area contributed by atoms with Gasteiger partial charge in [-0.15, -0.1) is 0 Å². The lowest BCUT2D eigenvalue weighted by Crippen LogP contribution is -2.32. The van der Waals surface area contributed by atoms with Gasteiger partial charge in [0.1, 0.15) is 4.90 Å². The summed E-state index contributed by atoms with van der Waals surface area (Å²) < 4.78 is 27.1. The second-order valence-electron chi connectivity index (χ2n) is 5.52. The molecule has 1 aromatic carbocycles. The maximum atomic E-state index is 12.8. The van der Waals surface area contributed by atoms with E-state index in [4.69, 9.17) is 28.9 Å². The minimum Gasteiger partial charge on any atom is -0.326 e. The summed E-state index contributed by atoms with van der Waals surface area (Å²) in [6.45, 7) is 3.39. The maximum Gasteiger partial charge on any atom is 0.244 e. The van der Waals surface area contributed by atoms with Crippen molar-refractivity contribution in [1.29, 1.82) is 0 Å². The quantitative estimate of drug-likeness (QED) is 0.909. The number of nitrogens with zero attached hydrogens (tertiary/aromatic N) is 1. The molecular weight excluding hydrogens is 331 g/mol. The van der Waals surface area contributed by atoms with E-state index in [0.29, 0.717) is 29.6 Å². The molecule has 0 amide bonds. The highest BCUT2D eigenvalue weighted by Gasteiger charge is 2.29. The first-order valence-electron chi connectivity index (χ1n) is 7.04. The molecule has 0 bridgehead atoms. The Morgan fingerprint density at radius 2 is 1.95 bits per heavy atom. The fourth-order valence-electron chi connectivity index (χ4n) is 2.54. The van der Waals surface area contributed by atoms with E-state index in [1.807, 2.05) is 0 Å². The third kappa shape index (κ3) is 3.71. The third-order valence-electron chi connectivity index (χ3n) is 3.91. The minimum absolute atomic E-state index is 0.101. The fourth-order valence-corrected chi connectivity index (χ4v) is 4.88. The second-order valence-corrected chi connectivity index (χ2v) is 8.24. The number of hydrogen-bond acceptors (Lipinski definition) is 3. The summed E-state index contributed by atoms with van der Waals surface area (Å²) in [6, 6.07) is 2.95. The van der Waals surface area contributed by atoms with Gasteiger partial charge in [0, 0.05) is 24.7 Å². The zero-order valence-electron chi connectivity index (χ0n) is 12.0. The lowest BCUT2D eigenvalue weighted by molar-refractivity contribution is 0.417. The molecule has 1 atom stereocenters. The molecular formula is C14H20Cl2N2O2S. The van der Waals surface area contributed by atoms with Gasteiger partial charge >= 0.3 is 0 Å². The summed E-state index contributed by atoms with van der Waals surface area (Å²) in [7, 11) is -3.60.